The molecule has 3 aliphatic rings. The molecule has 0 bridgehead atoms. The Hall–Kier alpha value is -1.03. The third-order valence-electron chi connectivity index (χ3n) is 7.46. The van der Waals surface area contributed by atoms with Gasteiger partial charge in [-0.15, -0.1) is 6.58 Å². The molecule has 3 nitrogen and oxygen atoms in total. The molecule has 4 rings (SSSR count). The molecule has 4 heteroatoms. The molecular weight excluding hydrogens is 364 g/mol. The maximum atomic E-state index is 13.9. The van der Waals surface area contributed by atoms with Crippen LogP contribution >= 0.6 is 11.8 Å². The van der Waals surface area contributed by atoms with Crippen LogP contribution in [0.3, 0.4) is 0 Å². The van der Waals surface area contributed by atoms with Crippen molar-refractivity contribution in [2.75, 3.05) is 5.75 Å². The summed E-state index contributed by atoms with van der Waals surface area (Å²) in [5.74, 6) is 2.31. The van der Waals surface area contributed by atoms with Crippen molar-refractivity contribution < 1.29 is 0 Å². The Kier molecular flexibility index (Phi) is 6.34. The van der Waals surface area contributed by atoms with Crippen LogP contribution in [-0.4, -0.2) is 15.3 Å². The lowest BCUT2D eigenvalue weighted by molar-refractivity contribution is 0.153. The maximum Gasteiger partial charge on any atom is 0.258 e. The van der Waals surface area contributed by atoms with E-state index in [9.17, 15) is 4.79 Å². The molecule has 2 unspecified atom stereocenters. The van der Waals surface area contributed by atoms with E-state index >= 15 is 0 Å². The van der Waals surface area contributed by atoms with E-state index in [0.29, 0.717) is 12.5 Å². The Balaban J connectivity index is 1.85. The number of nitrogens with zero attached hydrogens (tertiary/aromatic N) is 2. The zero-order chi connectivity index (χ0) is 19.6. The summed E-state index contributed by atoms with van der Waals surface area (Å²) < 4.78 is 1.94. The Bertz CT molecular complexity index is 763. The zero-order valence-electron chi connectivity index (χ0n) is 17.5. The van der Waals surface area contributed by atoms with Gasteiger partial charge in [0.25, 0.3) is 5.56 Å². The number of rotatable bonds is 6. The highest BCUT2D eigenvalue weighted by Gasteiger charge is 2.48. The molecule has 28 heavy (non-hydrogen) atoms. The van der Waals surface area contributed by atoms with Crippen molar-refractivity contribution in [3.05, 3.63) is 34.3 Å². The first kappa shape index (κ1) is 20.3. The normalized spacial score (nSPS) is 25.9. The van der Waals surface area contributed by atoms with Gasteiger partial charge in [0.1, 0.15) is 0 Å². The van der Waals surface area contributed by atoms with E-state index in [-0.39, 0.29) is 11.0 Å². The summed E-state index contributed by atoms with van der Waals surface area (Å²) in [6.45, 7) is 6.72. The second kappa shape index (κ2) is 8.77. The molecule has 0 aliphatic heterocycles. The van der Waals surface area contributed by atoms with Crippen LogP contribution < -0.4 is 5.56 Å². The van der Waals surface area contributed by atoms with Gasteiger partial charge in [0, 0.05) is 29.2 Å². The minimum atomic E-state index is 0.103. The number of thioether (sulfide) groups is 1. The molecule has 3 aliphatic carbocycles. The third-order valence-corrected chi connectivity index (χ3v) is 8.52. The average Bonchev–Trinajstić information content (AvgIpc) is 2.71. The monoisotopic (exact) mass is 400 g/mol. The standard InChI is InChI=1S/C24H36N2OS/c1-3-5-16-28-23-25-21-19-12-8-7-11-18(19)17-24(13-9-6-10-14-24)20(21)22(27)26(23)15-4-2/h4,18-19H,2-3,5-17H2,1H3. The van der Waals surface area contributed by atoms with Crippen LogP contribution in [0.2, 0.25) is 0 Å². The van der Waals surface area contributed by atoms with Gasteiger partial charge in [-0.05, 0) is 44.4 Å². The van der Waals surface area contributed by atoms with Crippen LogP contribution in [0.5, 0.6) is 0 Å². The highest BCUT2D eigenvalue weighted by Crippen LogP contribution is 2.55. The van der Waals surface area contributed by atoms with Gasteiger partial charge < -0.3 is 0 Å². The van der Waals surface area contributed by atoms with Crippen molar-refractivity contribution in [1.29, 1.82) is 0 Å². The van der Waals surface area contributed by atoms with Crippen molar-refractivity contribution in [3.63, 3.8) is 0 Å². The molecule has 154 valence electrons. The maximum absolute atomic E-state index is 13.9. The van der Waals surface area contributed by atoms with Crippen LogP contribution in [-0.2, 0) is 12.0 Å². The molecule has 2 atom stereocenters. The third kappa shape index (κ3) is 3.62. The van der Waals surface area contributed by atoms with E-state index in [1.54, 1.807) is 11.8 Å². The topological polar surface area (TPSA) is 34.9 Å². The van der Waals surface area contributed by atoms with E-state index in [0.717, 1.165) is 22.4 Å². The largest absolute Gasteiger partial charge is 0.283 e. The van der Waals surface area contributed by atoms with Gasteiger partial charge >= 0.3 is 0 Å². The van der Waals surface area contributed by atoms with Crippen molar-refractivity contribution in [3.8, 4) is 0 Å². The van der Waals surface area contributed by atoms with Gasteiger partial charge in [0.05, 0.1) is 5.69 Å². The summed E-state index contributed by atoms with van der Waals surface area (Å²) in [6.07, 6.45) is 16.9. The number of hydrogen-bond donors (Lipinski definition) is 0. The second-order valence-electron chi connectivity index (χ2n) is 9.26. The average molecular weight is 401 g/mol. The Morgan fingerprint density at radius 3 is 2.75 bits per heavy atom. The van der Waals surface area contributed by atoms with E-state index < -0.39 is 0 Å². The molecule has 2 saturated carbocycles. The van der Waals surface area contributed by atoms with Gasteiger partial charge in [0.2, 0.25) is 0 Å². The van der Waals surface area contributed by atoms with Gasteiger partial charge in [-0.3, -0.25) is 9.36 Å². The highest BCUT2D eigenvalue weighted by molar-refractivity contribution is 7.99. The summed E-state index contributed by atoms with van der Waals surface area (Å²) in [7, 11) is 0. The Morgan fingerprint density at radius 1 is 1.21 bits per heavy atom. The summed E-state index contributed by atoms with van der Waals surface area (Å²) in [5.41, 5.74) is 2.69. The van der Waals surface area contributed by atoms with Gasteiger partial charge in [-0.25, -0.2) is 4.98 Å². The van der Waals surface area contributed by atoms with Crippen molar-refractivity contribution in [2.45, 2.75) is 107 Å². The molecule has 1 heterocycles. The molecule has 0 amide bonds. The lowest BCUT2D eigenvalue weighted by Crippen LogP contribution is -2.46. The Morgan fingerprint density at radius 2 is 2.00 bits per heavy atom. The first-order chi connectivity index (χ1) is 13.7. The first-order valence-corrected chi connectivity index (χ1v) is 12.6. The second-order valence-corrected chi connectivity index (χ2v) is 10.3. The minimum Gasteiger partial charge on any atom is -0.283 e. The SMILES string of the molecule is C=CCn1c(SCCCC)nc2c(c1=O)C1(CCCCC1)CC1CCCCC21. The van der Waals surface area contributed by atoms with Crippen LogP contribution in [0.25, 0.3) is 0 Å². The predicted octanol–water partition coefficient (Wildman–Crippen LogP) is 6.20. The zero-order valence-corrected chi connectivity index (χ0v) is 18.4. The van der Waals surface area contributed by atoms with Gasteiger partial charge in [0.15, 0.2) is 5.16 Å². The smallest absolute Gasteiger partial charge is 0.258 e. The summed E-state index contributed by atoms with van der Waals surface area (Å²) >= 11 is 1.78. The number of hydrogen-bond acceptors (Lipinski definition) is 3. The van der Waals surface area contributed by atoms with Crippen LogP contribution in [0, 0.1) is 5.92 Å². The lowest BCUT2D eigenvalue weighted by Gasteiger charge is -2.48. The van der Waals surface area contributed by atoms with Crippen molar-refractivity contribution in [1.82, 2.24) is 9.55 Å². The highest BCUT2D eigenvalue weighted by atomic mass is 32.2. The molecule has 0 N–H and O–H groups in total. The molecular formula is C24H36N2OS. The number of aromatic nitrogens is 2. The summed E-state index contributed by atoms with van der Waals surface area (Å²) in [6, 6.07) is 0. The summed E-state index contributed by atoms with van der Waals surface area (Å²) in [5, 5.41) is 0.939. The van der Waals surface area contributed by atoms with Gasteiger partial charge in [-0.2, -0.15) is 0 Å². The molecule has 2 fully saturated rings. The lowest BCUT2D eigenvalue weighted by atomic mass is 9.56. The van der Waals surface area contributed by atoms with E-state index in [4.69, 9.17) is 4.98 Å². The molecule has 0 radical (unpaired) electrons. The molecule has 0 aromatic carbocycles. The van der Waals surface area contributed by atoms with Gasteiger partial charge in [-0.1, -0.05) is 63.3 Å². The summed E-state index contributed by atoms with van der Waals surface area (Å²) in [4.78, 5) is 19.1. The van der Waals surface area contributed by atoms with E-state index in [1.165, 1.54) is 82.7 Å². The molecule has 0 saturated heterocycles. The van der Waals surface area contributed by atoms with Crippen LogP contribution in [0.1, 0.15) is 101 Å². The molecule has 1 aromatic heterocycles. The van der Waals surface area contributed by atoms with Crippen molar-refractivity contribution >= 4 is 11.8 Å². The minimum absolute atomic E-state index is 0.103. The van der Waals surface area contributed by atoms with Crippen LogP contribution in [0.15, 0.2) is 22.6 Å². The molecule has 1 aromatic rings. The Labute approximate surface area is 174 Å². The predicted molar refractivity (Wildman–Crippen MR) is 118 cm³/mol. The number of fused-ring (bicyclic) bond motifs is 4. The fourth-order valence-electron chi connectivity index (χ4n) is 6.12. The van der Waals surface area contributed by atoms with E-state index in [2.05, 4.69) is 13.5 Å². The fourth-order valence-corrected chi connectivity index (χ4v) is 7.22. The fraction of sp³-hybridized carbons (Fsp3) is 0.750. The quantitative estimate of drug-likeness (QED) is 0.247. The molecule has 1 spiro atoms. The number of allylic oxidation sites excluding steroid dienone is 1. The first-order valence-electron chi connectivity index (χ1n) is 11.6. The van der Waals surface area contributed by atoms with Crippen LogP contribution in [0.4, 0.5) is 0 Å². The number of unbranched alkanes of at least 4 members (excludes halogenated alkanes) is 1. The van der Waals surface area contributed by atoms with Crippen molar-refractivity contribution in [2.24, 2.45) is 5.92 Å². The van der Waals surface area contributed by atoms with E-state index in [1.807, 2.05) is 10.6 Å².